The maximum Gasteiger partial charge on any atom is 0.417 e. The van der Waals surface area contributed by atoms with Crippen LogP contribution in [0.15, 0.2) is 0 Å². The predicted octanol–water partition coefficient (Wildman–Crippen LogP) is -2.59. The average molecular weight is 136 g/mol. The van der Waals surface area contributed by atoms with Crippen LogP contribution < -0.4 is 5.26 Å². The average Bonchev–Trinajstić information content (AvgIpc) is 1.65. The lowest BCUT2D eigenvalue weighted by atomic mass is 10.3. The fourth-order valence-electron chi connectivity index (χ4n) is 0.352. The van der Waals surface area contributed by atoms with E-state index in [1.807, 2.05) is 0 Å². The minimum absolute atomic E-state index is 0.0486. The largest absolute Gasteiger partial charge is 0.463 e. The maximum atomic E-state index is 9.49. The van der Waals surface area contributed by atoms with Crippen LogP contribution >= 0.6 is 0 Å². The molecule has 0 aliphatic rings. The van der Waals surface area contributed by atoms with Gasteiger partial charge >= 0.3 is 11.8 Å². The molecule has 0 fully saturated rings. The van der Waals surface area contributed by atoms with Gasteiger partial charge in [-0.15, -0.1) is 0 Å². The van der Waals surface area contributed by atoms with Crippen LogP contribution in [0.25, 0.3) is 0 Å². The summed E-state index contributed by atoms with van der Waals surface area (Å²) in [7, 11) is 0. The molecule has 0 radical (unpaired) electrons. The second-order valence-corrected chi connectivity index (χ2v) is 1.50. The van der Waals surface area contributed by atoms with Crippen molar-refractivity contribution in [2.24, 2.45) is 0 Å². The topological polar surface area (TPSA) is 95.1 Å². The SMILES string of the molecule is CCC(=[O+][O-])C(O)(O)O. The van der Waals surface area contributed by atoms with E-state index in [0.717, 1.165) is 0 Å². The fourth-order valence-corrected chi connectivity index (χ4v) is 0.352. The van der Waals surface area contributed by atoms with Crippen molar-refractivity contribution in [3.8, 4) is 0 Å². The van der Waals surface area contributed by atoms with Gasteiger partial charge in [-0.2, -0.15) is 4.58 Å². The van der Waals surface area contributed by atoms with Crippen LogP contribution in [-0.4, -0.2) is 27.1 Å². The zero-order valence-corrected chi connectivity index (χ0v) is 4.87. The molecule has 0 bridgehead atoms. The highest BCUT2D eigenvalue weighted by molar-refractivity contribution is 5.83. The Labute approximate surface area is 51.4 Å². The van der Waals surface area contributed by atoms with Gasteiger partial charge in [0.15, 0.2) is 0 Å². The molecule has 0 aliphatic carbocycles. The van der Waals surface area contributed by atoms with Gasteiger partial charge in [0.25, 0.3) is 0 Å². The highest BCUT2D eigenvalue weighted by atomic mass is 17.1. The molecule has 0 aromatic carbocycles. The van der Waals surface area contributed by atoms with Gasteiger partial charge in [0, 0.05) is 0 Å². The maximum absolute atomic E-state index is 9.49. The first kappa shape index (κ1) is 8.35. The van der Waals surface area contributed by atoms with E-state index in [2.05, 4.69) is 4.58 Å². The molecule has 54 valence electrons. The molecule has 0 rings (SSSR count). The van der Waals surface area contributed by atoms with Crippen molar-refractivity contribution in [2.45, 2.75) is 19.3 Å². The van der Waals surface area contributed by atoms with Crippen LogP contribution in [0.1, 0.15) is 13.3 Å². The lowest BCUT2D eigenvalue weighted by molar-refractivity contribution is -1.05. The fraction of sp³-hybridized carbons (Fsp3) is 0.750. The number of aliphatic hydroxyl groups is 3. The van der Waals surface area contributed by atoms with Gasteiger partial charge in [-0.1, -0.05) is 6.92 Å². The Morgan fingerprint density at radius 3 is 2.00 bits per heavy atom. The van der Waals surface area contributed by atoms with Gasteiger partial charge in [0.2, 0.25) is 0 Å². The van der Waals surface area contributed by atoms with Crippen molar-refractivity contribution in [2.75, 3.05) is 0 Å². The van der Waals surface area contributed by atoms with Crippen LogP contribution in [0, 0.1) is 0 Å². The van der Waals surface area contributed by atoms with Crippen molar-refractivity contribution >= 4 is 5.78 Å². The Morgan fingerprint density at radius 1 is 1.56 bits per heavy atom. The number of hydrogen-bond donors (Lipinski definition) is 3. The van der Waals surface area contributed by atoms with Gasteiger partial charge in [0.1, 0.15) is 0 Å². The predicted molar refractivity (Wildman–Crippen MR) is 24.7 cm³/mol. The normalized spacial score (nSPS) is 14.0. The first-order valence-electron chi connectivity index (χ1n) is 2.35. The van der Waals surface area contributed by atoms with E-state index in [4.69, 9.17) is 15.3 Å². The molecular formula is C4H8O5. The van der Waals surface area contributed by atoms with Gasteiger partial charge in [0.05, 0.1) is 6.42 Å². The van der Waals surface area contributed by atoms with E-state index in [0.29, 0.717) is 0 Å². The van der Waals surface area contributed by atoms with Crippen LogP contribution in [-0.2, 0) is 4.58 Å². The number of hydrogen-bond acceptors (Lipinski definition) is 4. The Kier molecular flexibility index (Phi) is 2.57. The minimum atomic E-state index is -3.10. The van der Waals surface area contributed by atoms with E-state index in [1.165, 1.54) is 6.92 Å². The monoisotopic (exact) mass is 136 g/mol. The third-order valence-electron chi connectivity index (χ3n) is 0.796. The molecule has 0 saturated carbocycles. The Morgan fingerprint density at radius 2 is 2.00 bits per heavy atom. The van der Waals surface area contributed by atoms with E-state index in [9.17, 15) is 5.26 Å². The van der Waals surface area contributed by atoms with Gasteiger partial charge < -0.3 is 20.6 Å². The van der Waals surface area contributed by atoms with Crippen molar-refractivity contribution < 1.29 is 25.2 Å². The highest BCUT2D eigenvalue weighted by Gasteiger charge is 2.36. The highest BCUT2D eigenvalue weighted by Crippen LogP contribution is 1.97. The summed E-state index contributed by atoms with van der Waals surface area (Å²) < 4.78 is 3.18. The first-order chi connectivity index (χ1) is 4.02. The molecule has 0 spiro atoms. The van der Waals surface area contributed by atoms with Crippen molar-refractivity contribution in [3.05, 3.63) is 0 Å². The van der Waals surface area contributed by atoms with E-state index in [1.54, 1.807) is 0 Å². The zero-order valence-electron chi connectivity index (χ0n) is 4.87. The third kappa shape index (κ3) is 2.41. The van der Waals surface area contributed by atoms with Gasteiger partial charge in [-0.3, -0.25) is 0 Å². The molecule has 0 atom stereocenters. The summed E-state index contributed by atoms with van der Waals surface area (Å²) in [4.78, 5) is 0. The molecule has 9 heavy (non-hydrogen) atoms. The van der Waals surface area contributed by atoms with E-state index in [-0.39, 0.29) is 6.42 Å². The molecular weight excluding hydrogens is 128 g/mol. The summed E-state index contributed by atoms with van der Waals surface area (Å²) in [6, 6.07) is 0. The smallest absolute Gasteiger partial charge is 0.417 e. The molecule has 5 heteroatoms. The Hall–Kier alpha value is -0.650. The van der Waals surface area contributed by atoms with Crippen LogP contribution in [0.2, 0.25) is 0 Å². The number of rotatable bonds is 2. The second kappa shape index (κ2) is 2.77. The molecule has 0 unspecified atom stereocenters. The Bertz CT molecular complexity index is 111. The van der Waals surface area contributed by atoms with Gasteiger partial charge in [-0.05, 0) is 0 Å². The molecule has 0 heterocycles. The van der Waals surface area contributed by atoms with E-state index < -0.39 is 11.8 Å². The molecule has 0 saturated heterocycles. The minimum Gasteiger partial charge on any atom is -0.463 e. The number of ketones is 1. The first-order valence-corrected chi connectivity index (χ1v) is 2.35. The standard InChI is InChI=1S/C4H8O5/c1-2-3(9-8)4(5,6)7/h5-7H,2H2,1H3. The van der Waals surface area contributed by atoms with Crippen molar-refractivity contribution in [1.29, 1.82) is 0 Å². The molecule has 5 nitrogen and oxygen atoms in total. The summed E-state index contributed by atoms with van der Waals surface area (Å²) in [6.07, 6.45) is -0.0486. The summed E-state index contributed by atoms with van der Waals surface area (Å²) >= 11 is 0. The second-order valence-electron chi connectivity index (χ2n) is 1.50. The van der Waals surface area contributed by atoms with Crippen LogP contribution in [0.5, 0.6) is 0 Å². The summed E-state index contributed by atoms with van der Waals surface area (Å²) in [5, 5.41) is 34.2. The molecule has 0 amide bonds. The van der Waals surface area contributed by atoms with Crippen molar-refractivity contribution in [1.82, 2.24) is 0 Å². The summed E-state index contributed by atoms with van der Waals surface area (Å²) in [5.41, 5.74) is 0. The third-order valence-corrected chi connectivity index (χ3v) is 0.796. The Balaban J connectivity index is 4.14. The molecule has 0 aromatic rings. The molecule has 0 aliphatic heterocycles. The summed E-state index contributed by atoms with van der Waals surface area (Å²) in [6.45, 7) is 1.44. The molecule has 0 aromatic heterocycles. The lowest BCUT2D eigenvalue weighted by Crippen LogP contribution is -2.40. The summed E-state index contributed by atoms with van der Waals surface area (Å²) in [5.74, 6) is -3.82. The molecule has 3 N–H and O–H groups in total. The zero-order chi connectivity index (χ0) is 7.49. The van der Waals surface area contributed by atoms with Crippen LogP contribution in [0.4, 0.5) is 0 Å². The number of carbonyl (C=O) groups excluding carboxylic acids is 1. The quantitative estimate of drug-likeness (QED) is 0.168. The van der Waals surface area contributed by atoms with Gasteiger partial charge in [-0.25, -0.2) is 0 Å². The van der Waals surface area contributed by atoms with Crippen LogP contribution in [0.3, 0.4) is 0 Å². The van der Waals surface area contributed by atoms with E-state index >= 15 is 0 Å². The van der Waals surface area contributed by atoms with Crippen molar-refractivity contribution in [3.63, 3.8) is 0 Å². The lowest BCUT2D eigenvalue weighted by Gasteiger charge is -2.05.